The van der Waals surface area contributed by atoms with Crippen LogP contribution in [0.25, 0.3) is 0 Å². The molecule has 0 spiro atoms. The van der Waals surface area contributed by atoms with Crippen molar-refractivity contribution in [3.8, 4) is 0 Å². The van der Waals surface area contributed by atoms with Crippen LogP contribution in [0.3, 0.4) is 0 Å². The molecule has 1 atom stereocenters. The van der Waals surface area contributed by atoms with Gasteiger partial charge in [-0.1, -0.05) is 0 Å². The zero-order valence-electron chi connectivity index (χ0n) is 11.1. The Morgan fingerprint density at radius 1 is 1.48 bits per heavy atom. The number of aliphatic hydroxyl groups is 2. The summed E-state index contributed by atoms with van der Waals surface area (Å²) < 4.78 is 43.4. The number of alkyl halides is 3. The molecule has 21 heavy (non-hydrogen) atoms. The Bertz CT molecular complexity index is 504. The number of nitrogens with one attached hydrogen (secondary N) is 2. The van der Waals surface area contributed by atoms with E-state index in [2.05, 4.69) is 10.4 Å². The molecule has 10 heteroatoms. The van der Waals surface area contributed by atoms with Crippen molar-refractivity contribution in [2.24, 2.45) is 0 Å². The van der Waals surface area contributed by atoms with E-state index in [9.17, 15) is 18.0 Å². The molecule has 120 valence electrons. The molecular weight excluding hydrogens is 295 g/mol. The summed E-state index contributed by atoms with van der Waals surface area (Å²) in [7, 11) is 0. The Labute approximate surface area is 117 Å². The van der Waals surface area contributed by atoms with Gasteiger partial charge in [0.1, 0.15) is 5.56 Å². The molecule has 0 fully saturated rings. The smallest absolute Gasteiger partial charge is 0.379 e. The van der Waals surface area contributed by atoms with Crippen LogP contribution in [-0.2, 0) is 10.9 Å². The highest BCUT2D eigenvalue weighted by Crippen LogP contribution is 2.31. The minimum Gasteiger partial charge on any atom is -0.379 e. The van der Waals surface area contributed by atoms with Crippen molar-refractivity contribution in [1.29, 1.82) is 0 Å². The molecule has 0 saturated heterocycles. The van der Waals surface area contributed by atoms with Crippen molar-refractivity contribution in [2.75, 3.05) is 18.5 Å². The first-order valence-electron chi connectivity index (χ1n) is 6.07. The molecule has 0 saturated carbocycles. The number of aromatic nitrogens is 2. The highest BCUT2D eigenvalue weighted by atomic mass is 19.4. The summed E-state index contributed by atoms with van der Waals surface area (Å²) in [6.45, 7) is 1.62. The molecule has 0 aromatic carbocycles. The predicted octanol–water partition coefficient (Wildman–Crippen LogP) is 0.306. The van der Waals surface area contributed by atoms with Crippen molar-refractivity contribution in [1.82, 2.24) is 10.2 Å². The van der Waals surface area contributed by atoms with Gasteiger partial charge in [0.2, 0.25) is 0 Å². The van der Waals surface area contributed by atoms with E-state index in [0.29, 0.717) is 0 Å². The van der Waals surface area contributed by atoms with E-state index in [-0.39, 0.29) is 19.6 Å². The molecule has 1 rings (SSSR count). The van der Waals surface area contributed by atoms with E-state index in [1.54, 1.807) is 12.0 Å². The SMILES string of the molecule is C[C@@H](COCCC(O)O)Nc1cn[nH]c(=O)c1C(F)(F)F. The van der Waals surface area contributed by atoms with Crippen molar-refractivity contribution in [3.05, 3.63) is 22.1 Å². The summed E-state index contributed by atoms with van der Waals surface area (Å²) in [4.78, 5) is 11.2. The van der Waals surface area contributed by atoms with Gasteiger partial charge in [0.25, 0.3) is 5.56 Å². The summed E-state index contributed by atoms with van der Waals surface area (Å²) in [6.07, 6.45) is -5.44. The fourth-order valence-electron chi connectivity index (χ4n) is 1.55. The Hall–Kier alpha value is -1.65. The molecule has 7 nitrogen and oxygen atoms in total. The van der Waals surface area contributed by atoms with Crippen LogP contribution in [0.1, 0.15) is 18.9 Å². The van der Waals surface area contributed by atoms with Gasteiger partial charge >= 0.3 is 6.18 Å². The van der Waals surface area contributed by atoms with Gasteiger partial charge < -0.3 is 20.3 Å². The summed E-state index contributed by atoms with van der Waals surface area (Å²) >= 11 is 0. The van der Waals surface area contributed by atoms with E-state index in [1.165, 1.54) is 0 Å². The normalized spacial score (nSPS) is 13.5. The van der Waals surface area contributed by atoms with Gasteiger partial charge in [-0.3, -0.25) is 4.79 Å². The van der Waals surface area contributed by atoms with Crippen LogP contribution in [0.2, 0.25) is 0 Å². The monoisotopic (exact) mass is 311 g/mol. The number of rotatable bonds is 7. The lowest BCUT2D eigenvalue weighted by atomic mass is 10.2. The highest BCUT2D eigenvalue weighted by molar-refractivity contribution is 5.50. The first-order chi connectivity index (χ1) is 9.71. The zero-order chi connectivity index (χ0) is 16.0. The topological polar surface area (TPSA) is 107 Å². The second-order valence-corrected chi connectivity index (χ2v) is 4.38. The van der Waals surface area contributed by atoms with Crippen LogP contribution in [0, 0.1) is 0 Å². The number of hydrogen-bond donors (Lipinski definition) is 4. The molecule has 4 N–H and O–H groups in total. The molecular formula is C11H16F3N3O4. The molecule has 1 heterocycles. The van der Waals surface area contributed by atoms with Gasteiger partial charge in [0, 0.05) is 12.5 Å². The van der Waals surface area contributed by atoms with Crippen LogP contribution in [0.5, 0.6) is 0 Å². The molecule has 1 aromatic rings. The van der Waals surface area contributed by atoms with Gasteiger partial charge in [-0.2, -0.15) is 18.3 Å². The maximum absolute atomic E-state index is 12.8. The number of anilines is 1. The summed E-state index contributed by atoms with van der Waals surface area (Å²) in [6, 6.07) is -0.537. The summed E-state index contributed by atoms with van der Waals surface area (Å²) in [5, 5.41) is 24.7. The predicted molar refractivity (Wildman–Crippen MR) is 66.6 cm³/mol. The molecule has 0 radical (unpaired) electrons. The summed E-state index contributed by atoms with van der Waals surface area (Å²) in [5.74, 6) is 0. The maximum Gasteiger partial charge on any atom is 0.423 e. The molecule has 0 aliphatic heterocycles. The van der Waals surface area contributed by atoms with Crippen LogP contribution >= 0.6 is 0 Å². The van der Waals surface area contributed by atoms with Gasteiger partial charge in [-0.05, 0) is 6.92 Å². The molecule has 0 amide bonds. The zero-order valence-corrected chi connectivity index (χ0v) is 11.1. The van der Waals surface area contributed by atoms with Crippen LogP contribution in [0.15, 0.2) is 11.0 Å². The van der Waals surface area contributed by atoms with Crippen molar-refractivity contribution in [2.45, 2.75) is 31.9 Å². The largest absolute Gasteiger partial charge is 0.423 e. The standard InChI is InChI=1S/C11H16F3N3O4/c1-6(5-21-3-2-8(18)19)16-7-4-15-17-10(20)9(7)11(12,13)14/h4,6,8,18-19H,2-3,5H2,1H3,(H2,16,17,20)/t6-/m0/s1. The Kier molecular flexibility index (Phi) is 6.12. The fraction of sp³-hybridized carbons (Fsp3) is 0.636. The van der Waals surface area contributed by atoms with E-state index in [4.69, 9.17) is 14.9 Å². The van der Waals surface area contributed by atoms with Crippen LogP contribution in [-0.4, -0.2) is 46.0 Å². The number of H-pyrrole nitrogens is 1. The Morgan fingerprint density at radius 2 is 2.14 bits per heavy atom. The van der Waals surface area contributed by atoms with E-state index in [0.717, 1.165) is 6.20 Å². The third-order valence-corrected chi connectivity index (χ3v) is 2.43. The minimum absolute atomic E-state index is 0.00686. The molecule has 0 unspecified atom stereocenters. The maximum atomic E-state index is 12.8. The highest BCUT2D eigenvalue weighted by Gasteiger charge is 2.37. The minimum atomic E-state index is -4.81. The Balaban J connectivity index is 2.66. The lowest BCUT2D eigenvalue weighted by Crippen LogP contribution is -2.29. The van der Waals surface area contributed by atoms with Crippen LogP contribution in [0.4, 0.5) is 18.9 Å². The van der Waals surface area contributed by atoms with Crippen molar-refractivity contribution < 1.29 is 28.1 Å². The molecule has 0 bridgehead atoms. The lowest BCUT2D eigenvalue weighted by Gasteiger charge is -2.18. The lowest BCUT2D eigenvalue weighted by molar-refractivity contribution is -0.138. The quantitative estimate of drug-likeness (QED) is 0.426. The average molecular weight is 311 g/mol. The molecule has 1 aromatic heterocycles. The third-order valence-electron chi connectivity index (χ3n) is 2.43. The fourth-order valence-corrected chi connectivity index (χ4v) is 1.55. The second-order valence-electron chi connectivity index (χ2n) is 4.38. The van der Waals surface area contributed by atoms with Crippen molar-refractivity contribution in [3.63, 3.8) is 0 Å². The molecule has 0 aliphatic carbocycles. The van der Waals surface area contributed by atoms with E-state index >= 15 is 0 Å². The first-order valence-corrected chi connectivity index (χ1v) is 6.07. The second kappa shape index (κ2) is 7.38. The first kappa shape index (κ1) is 17.4. The van der Waals surface area contributed by atoms with Gasteiger partial charge in [0.05, 0.1) is 25.1 Å². The van der Waals surface area contributed by atoms with Gasteiger partial charge in [-0.15, -0.1) is 0 Å². The van der Waals surface area contributed by atoms with Crippen molar-refractivity contribution >= 4 is 5.69 Å². The van der Waals surface area contributed by atoms with E-state index in [1.807, 2.05) is 0 Å². The number of aromatic amines is 1. The van der Waals surface area contributed by atoms with Crippen LogP contribution < -0.4 is 10.9 Å². The van der Waals surface area contributed by atoms with E-state index < -0.39 is 35.3 Å². The molecule has 0 aliphatic rings. The Morgan fingerprint density at radius 3 is 2.71 bits per heavy atom. The number of ether oxygens (including phenoxy) is 1. The average Bonchev–Trinajstić information content (AvgIpc) is 2.32. The third kappa shape index (κ3) is 5.69. The number of hydrogen-bond acceptors (Lipinski definition) is 6. The number of aliphatic hydroxyl groups excluding tert-OH is 1. The number of halogens is 3. The number of nitrogens with zero attached hydrogens (tertiary/aromatic N) is 1. The van der Waals surface area contributed by atoms with Gasteiger partial charge in [-0.25, -0.2) is 5.10 Å². The van der Waals surface area contributed by atoms with Gasteiger partial charge in [0.15, 0.2) is 6.29 Å². The summed E-state index contributed by atoms with van der Waals surface area (Å²) in [5.41, 5.74) is -3.12.